The number of sulfonamides is 1. The van der Waals surface area contributed by atoms with Gasteiger partial charge in [-0.1, -0.05) is 26.0 Å². The van der Waals surface area contributed by atoms with Crippen LogP contribution in [-0.2, 0) is 27.5 Å². The number of aromatic nitrogens is 4. The Hall–Kier alpha value is -3.32. The van der Waals surface area contributed by atoms with E-state index in [2.05, 4.69) is 20.7 Å². The number of nitrogens with one attached hydrogen (secondary N) is 1. The molecule has 13 heteroatoms. The van der Waals surface area contributed by atoms with Crippen LogP contribution < -0.4 is 5.32 Å². The lowest BCUT2D eigenvalue weighted by molar-refractivity contribution is -0.137. The summed E-state index contributed by atoms with van der Waals surface area (Å²) in [6.45, 7) is 3.82. The first-order chi connectivity index (χ1) is 15.5. The zero-order valence-electron chi connectivity index (χ0n) is 17.7. The molecule has 0 saturated carbocycles. The molecule has 0 radical (unpaired) electrons. The summed E-state index contributed by atoms with van der Waals surface area (Å²) in [5.74, 6) is -0.581. The fourth-order valence-corrected chi connectivity index (χ4v) is 4.47. The number of halogens is 3. The predicted molar refractivity (Wildman–Crippen MR) is 113 cm³/mol. The highest BCUT2D eigenvalue weighted by Gasteiger charge is 2.30. The van der Waals surface area contributed by atoms with Gasteiger partial charge in [0.05, 0.1) is 10.5 Å². The third kappa shape index (κ3) is 5.73. The van der Waals surface area contributed by atoms with Crippen LogP contribution in [0.15, 0.2) is 53.4 Å². The van der Waals surface area contributed by atoms with Gasteiger partial charge in [0.15, 0.2) is 0 Å². The summed E-state index contributed by atoms with van der Waals surface area (Å²) in [6.07, 6.45) is -4.51. The number of hydrogen-bond acceptors (Lipinski definition) is 6. The third-order valence-corrected chi connectivity index (χ3v) is 6.73. The van der Waals surface area contributed by atoms with Gasteiger partial charge in [-0.15, -0.1) is 10.2 Å². The van der Waals surface area contributed by atoms with Crippen LogP contribution in [0.2, 0.25) is 0 Å². The number of benzene rings is 2. The first-order valence-electron chi connectivity index (χ1n) is 9.90. The number of tetrazole rings is 1. The average Bonchev–Trinajstić information content (AvgIpc) is 3.22. The molecule has 33 heavy (non-hydrogen) atoms. The Morgan fingerprint density at radius 3 is 2.36 bits per heavy atom. The minimum atomic E-state index is -4.51. The van der Waals surface area contributed by atoms with Crippen LogP contribution in [0.5, 0.6) is 0 Å². The van der Waals surface area contributed by atoms with Crippen molar-refractivity contribution in [1.82, 2.24) is 24.5 Å². The molecular formula is C20H21F3N6O3S. The zero-order valence-corrected chi connectivity index (χ0v) is 18.6. The number of alkyl halides is 3. The van der Waals surface area contributed by atoms with E-state index in [1.54, 1.807) is 13.8 Å². The molecule has 0 atom stereocenters. The van der Waals surface area contributed by atoms with E-state index in [0.717, 1.165) is 16.9 Å². The van der Waals surface area contributed by atoms with E-state index in [9.17, 15) is 26.4 Å². The van der Waals surface area contributed by atoms with E-state index in [4.69, 9.17) is 0 Å². The molecule has 0 aliphatic heterocycles. The number of rotatable bonds is 8. The summed E-state index contributed by atoms with van der Waals surface area (Å²) in [7, 11) is -3.61. The van der Waals surface area contributed by atoms with Gasteiger partial charge in [-0.2, -0.15) is 22.3 Å². The molecule has 0 bridgehead atoms. The molecule has 0 aliphatic carbocycles. The normalized spacial score (nSPS) is 12.2. The Balaban J connectivity index is 1.66. The zero-order chi connectivity index (χ0) is 24.2. The Morgan fingerprint density at radius 1 is 1.09 bits per heavy atom. The first kappa shape index (κ1) is 24.3. The smallest absolute Gasteiger partial charge is 0.324 e. The van der Waals surface area contributed by atoms with Gasteiger partial charge < -0.3 is 5.32 Å². The van der Waals surface area contributed by atoms with Crippen molar-refractivity contribution in [2.24, 2.45) is 0 Å². The lowest BCUT2D eigenvalue weighted by Gasteiger charge is -2.18. The molecule has 176 valence electrons. The number of nitrogens with zero attached hydrogens (tertiary/aromatic N) is 5. The van der Waals surface area contributed by atoms with Gasteiger partial charge in [-0.05, 0) is 41.6 Å². The minimum absolute atomic E-state index is 0.0557. The topological polar surface area (TPSA) is 110 Å². The SMILES string of the molecule is CCN(CC)S(=O)(=O)c1ccc(NC(=O)Cn2nnc(-c3cccc(C(F)(F)F)c3)n2)cc1. The summed E-state index contributed by atoms with van der Waals surface area (Å²) in [4.78, 5) is 13.3. The van der Waals surface area contributed by atoms with Crippen molar-refractivity contribution in [3.63, 3.8) is 0 Å². The van der Waals surface area contributed by atoms with Crippen LogP contribution in [-0.4, -0.2) is 51.9 Å². The Morgan fingerprint density at radius 2 is 1.76 bits per heavy atom. The van der Waals surface area contributed by atoms with Crippen molar-refractivity contribution in [2.45, 2.75) is 31.5 Å². The van der Waals surface area contributed by atoms with Crippen molar-refractivity contribution in [2.75, 3.05) is 18.4 Å². The lowest BCUT2D eigenvalue weighted by Crippen LogP contribution is -2.30. The molecule has 0 spiro atoms. The van der Waals surface area contributed by atoms with Gasteiger partial charge in [0, 0.05) is 24.3 Å². The van der Waals surface area contributed by atoms with Gasteiger partial charge in [0.25, 0.3) is 0 Å². The number of carbonyl (C=O) groups is 1. The molecule has 2 aromatic carbocycles. The van der Waals surface area contributed by atoms with E-state index in [1.165, 1.54) is 40.7 Å². The van der Waals surface area contributed by atoms with Crippen LogP contribution in [0.4, 0.5) is 18.9 Å². The van der Waals surface area contributed by atoms with E-state index in [-0.39, 0.29) is 22.8 Å². The second-order valence-electron chi connectivity index (χ2n) is 6.88. The quantitative estimate of drug-likeness (QED) is 0.529. The van der Waals surface area contributed by atoms with E-state index >= 15 is 0 Å². The largest absolute Gasteiger partial charge is 0.416 e. The van der Waals surface area contributed by atoms with Gasteiger partial charge in [-0.25, -0.2) is 8.42 Å². The fourth-order valence-electron chi connectivity index (χ4n) is 3.01. The van der Waals surface area contributed by atoms with Gasteiger partial charge in [0.1, 0.15) is 6.54 Å². The van der Waals surface area contributed by atoms with Crippen LogP contribution >= 0.6 is 0 Å². The van der Waals surface area contributed by atoms with Crippen LogP contribution in [0.25, 0.3) is 11.4 Å². The molecule has 3 aromatic rings. The molecule has 3 rings (SSSR count). The molecule has 1 heterocycles. The number of hydrogen-bond donors (Lipinski definition) is 1. The highest BCUT2D eigenvalue weighted by atomic mass is 32.2. The third-order valence-electron chi connectivity index (χ3n) is 4.67. The van der Waals surface area contributed by atoms with E-state index < -0.39 is 27.7 Å². The second-order valence-corrected chi connectivity index (χ2v) is 8.82. The first-order valence-corrected chi connectivity index (χ1v) is 11.3. The van der Waals surface area contributed by atoms with Gasteiger partial charge in [0.2, 0.25) is 21.8 Å². The molecular weight excluding hydrogens is 461 g/mol. The number of anilines is 1. The van der Waals surface area contributed by atoms with Crippen molar-refractivity contribution in [3.8, 4) is 11.4 Å². The molecule has 9 nitrogen and oxygen atoms in total. The summed E-state index contributed by atoms with van der Waals surface area (Å²) >= 11 is 0. The molecule has 0 aliphatic rings. The summed E-state index contributed by atoms with van der Waals surface area (Å²) in [5, 5.41) is 13.9. The lowest BCUT2D eigenvalue weighted by atomic mass is 10.1. The van der Waals surface area contributed by atoms with Gasteiger partial charge in [-0.3, -0.25) is 4.79 Å². The summed E-state index contributed by atoms with van der Waals surface area (Å²) < 4.78 is 65.0. The number of carbonyl (C=O) groups excluding carboxylic acids is 1. The monoisotopic (exact) mass is 482 g/mol. The molecule has 1 N–H and O–H groups in total. The molecule has 1 amide bonds. The maximum Gasteiger partial charge on any atom is 0.416 e. The Labute approximate surface area is 188 Å². The van der Waals surface area contributed by atoms with Crippen molar-refractivity contribution in [1.29, 1.82) is 0 Å². The number of amides is 1. The highest BCUT2D eigenvalue weighted by Crippen LogP contribution is 2.31. The molecule has 0 saturated heterocycles. The van der Waals surface area contributed by atoms with Crippen molar-refractivity contribution in [3.05, 3.63) is 54.1 Å². The van der Waals surface area contributed by atoms with E-state index in [0.29, 0.717) is 18.8 Å². The molecule has 1 aromatic heterocycles. The van der Waals surface area contributed by atoms with E-state index in [1.807, 2.05) is 0 Å². The van der Waals surface area contributed by atoms with Crippen LogP contribution in [0, 0.1) is 0 Å². The summed E-state index contributed by atoms with van der Waals surface area (Å²) in [6, 6.07) is 10.2. The highest BCUT2D eigenvalue weighted by molar-refractivity contribution is 7.89. The maximum absolute atomic E-state index is 12.9. The summed E-state index contributed by atoms with van der Waals surface area (Å²) in [5.41, 5.74) is -0.376. The fraction of sp³-hybridized carbons (Fsp3) is 0.300. The van der Waals surface area contributed by atoms with Gasteiger partial charge >= 0.3 is 6.18 Å². The average molecular weight is 482 g/mol. The second kappa shape index (κ2) is 9.67. The Bertz CT molecular complexity index is 1220. The molecule has 0 fully saturated rings. The standard InChI is InChI=1S/C20H21F3N6O3S/c1-3-28(4-2)33(31,32)17-10-8-16(9-11-17)24-18(30)13-29-26-19(25-27-29)14-6-5-7-15(12-14)20(21,22)23/h5-12H,3-4,13H2,1-2H3,(H,24,30). The van der Waals surface area contributed by atoms with Crippen LogP contribution in [0.3, 0.4) is 0 Å². The molecule has 0 unspecified atom stereocenters. The van der Waals surface area contributed by atoms with Crippen molar-refractivity contribution >= 4 is 21.6 Å². The van der Waals surface area contributed by atoms with Crippen LogP contribution in [0.1, 0.15) is 19.4 Å². The predicted octanol–water partition coefficient (Wildman–Crippen LogP) is 3.03. The maximum atomic E-state index is 12.9. The van der Waals surface area contributed by atoms with Crippen molar-refractivity contribution < 1.29 is 26.4 Å². The minimum Gasteiger partial charge on any atom is -0.324 e. The Kier molecular flexibility index (Phi) is 7.12.